The molecule has 0 atom stereocenters. The third kappa shape index (κ3) is 5.78. The van der Waals surface area contributed by atoms with Crippen LogP contribution in [0.3, 0.4) is 0 Å². The Bertz CT molecular complexity index is 960. The molecular weight excluding hydrogens is 382 g/mol. The fraction of sp³-hybridized carbons (Fsp3) is 0.316. The van der Waals surface area contributed by atoms with Crippen LogP contribution < -0.4 is 9.62 Å². The van der Waals surface area contributed by atoms with Crippen molar-refractivity contribution < 1.29 is 18.1 Å². The van der Waals surface area contributed by atoms with Gasteiger partial charge in [-0.05, 0) is 30.5 Å². The molecule has 0 bridgehead atoms. The second-order valence-electron chi connectivity index (χ2n) is 6.27. The number of carbonyl (C=O) groups is 1. The normalized spacial score (nSPS) is 11.1. The lowest BCUT2D eigenvalue weighted by atomic mass is 10.1. The van der Waals surface area contributed by atoms with E-state index in [0.717, 1.165) is 28.2 Å². The number of anilines is 2. The molecule has 0 saturated carbocycles. The van der Waals surface area contributed by atoms with E-state index in [9.17, 15) is 23.3 Å². The second kappa shape index (κ2) is 9.32. The minimum Gasteiger partial charge on any atom is -0.326 e. The van der Waals surface area contributed by atoms with Gasteiger partial charge in [0.1, 0.15) is 0 Å². The quantitative estimate of drug-likeness (QED) is 0.508. The average molecular weight is 405 g/mol. The van der Waals surface area contributed by atoms with Gasteiger partial charge in [0.05, 0.1) is 16.9 Å². The highest BCUT2D eigenvalue weighted by Crippen LogP contribution is 2.23. The molecule has 0 aliphatic rings. The molecule has 1 amide bonds. The number of carbonyl (C=O) groups excluding carboxylic acids is 1. The van der Waals surface area contributed by atoms with Gasteiger partial charge in [0.25, 0.3) is 5.69 Å². The fourth-order valence-electron chi connectivity index (χ4n) is 2.79. The van der Waals surface area contributed by atoms with Crippen LogP contribution in [0, 0.1) is 10.1 Å². The van der Waals surface area contributed by atoms with Crippen LogP contribution in [0.15, 0.2) is 48.5 Å². The molecule has 0 saturated heterocycles. The van der Waals surface area contributed by atoms with Gasteiger partial charge in [-0.1, -0.05) is 31.2 Å². The maximum atomic E-state index is 12.2. The number of amides is 1. The van der Waals surface area contributed by atoms with Crippen LogP contribution in [-0.2, 0) is 21.2 Å². The van der Waals surface area contributed by atoms with Gasteiger partial charge in [0, 0.05) is 30.8 Å². The average Bonchev–Trinajstić information content (AvgIpc) is 2.64. The van der Waals surface area contributed by atoms with Crippen LogP contribution in [-0.4, -0.2) is 32.0 Å². The molecule has 0 spiro atoms. The van der Waals surface area contributed by atoms with Crippen molar-refractivity contribution >= 4 is 33.0 Å². The van der Waals surface area contributed by atoms with E-state index in [0.29, 0.717) is 0 Å². The Morgan fingerprint density at radius 3 is 2.54 bits per heavy atom. The van der Waals surface area contributed by atoms with Crippen molar-refractivity contribution in [2.24, 2.45) is 0 Å². The number of non-ortho nitro benzene ring substituents is 1. The van der Waals surface area contributed by atoms with E-state index in [1.807, 2.05) is 31.2 Å². The maximum absolute atomic E-state index is 12.2. The first-order valence-corrected chi connectivity index (χ1v) is 10.7. The summed E-state index contributed by atoms with van der Waals surface area (Å²) in [5.74, 6) is -0.214. The van der Waals surface area contributed by atoms with Crippen molar-refractivity contribution in [3.8, 4) is 0 Å². The Hall–Kier alpha value is -2.94. The largest absolute Gasteiger partial charge is 0.326 e. The van der Waals surface area contributed by atoms with E-state index in [2.05, 4.69) is 5.32 Å². The predicted molar refractivity (Wildman–Crippen MR) is 109 cm³/mol. The standard InChI is InChI=1S/C19H23N3O5S/c1-3-15-8-4-5-11-18(15)20-19(23)12-7-13-21(28(2,26)27)16-9-6-10-17(14-16)22(24)25/h4-6,8-11,14H,3,7,12-13H2,1-2H3,(H,20,23). The highest BCUT2D eigenvalue weighted by molar-refractivity contribution is 7.92. The van der Waals surface area contributed by atoms with Gasteiger partial charge in [0.2, 0.25) is 15.9 Å². The molecular formula is C19H23N3O5S. The minimum absolute atomic E-state index is 0.0445. The Labute approximate surface area is 164 Å². The molecule has 0 fully saturated rings. The lowest BCUT2D eigenvalue weighted by molar-refractivity contribution is -0.384. The maximum Gasteiger partial charge on any atom is 0.271 e. The molecule has 2 aromatic rings. The molecule has 8 nitrogen and oxygen atoms in total. The van der Waals surface area contributed by atoms with Crippen molar-refractivity contribution in [2.75, 3.05) is 22.4 Å². The third-order valence-corrected chi connectivity index (χ3v) is 5.36. The van der Waals surface area contributed by atoms with Gasteiger partial charge >= 0.3 is 0 Å². The molecule has 28 heavy (non-hydrogen) atoms. The van der Waals surface area contributed by atoms with E-state index in [-0.39, 0.29) is 36.7 Å². The summed E-state index contributed by atoms with van der Waals surface area (Å²) >= 11 is 0. The van der Waals surface area contributed by atoms with Crippen molar-refractivity contribution in [2.45, 2.75) is 26.2 Å². The number of hydrogen-bond acceptors (Lipinski definition) is 5. The summed E-state index contributed by atoms with van der Waals surface area (Å²) in [7, 11) is -3.65. The molecule has 0 unspecified atom stereocenters. The van der Waals surface area contributed by atoms with Crippen molar-refractivity contribution in [1.29, 1.82) is 0 Å². The SMILES string of the molecule is CCc1ccccc1NC(=O)CCCN(c1cccc([N+](=O)[O-])c1)S(C)(=O)=O. The fourth-order valence-corrected chi connectivity index (χ4v) is 3.75. The van der Waals surface area contributed by atoms with E-state index in [4.69, 9.17) is 0 Å². The number of sulfonamides is 1. The Kier molecular flexibility index (Phi) is 7.11. The number of nitrogens with one attached hydrogen (secondary N) is 1. The predicted octanol–water partition coefficient (Wildman–Crippen LogP) is 3.34. The molecule has 150 valence electrons. The highest BCUT2D eigenvalue weighted by Gasteiger charge is 2.20. The number of aryl methyl sites for hydroxylation is 1. The number of rotatable bonds is 9. The zero-order valence-corrected chi connectivity index (χ0v) is 16.6. The molecule has 0 aromatic heterocycles. The Morgan fingerprint density at radius 2 is 1.89 bits per heavy atom. The summed E-state index contributed by atoms with van der Waals surface area (Å²) in [6.07, 6.45) is 2.21. The molecule has 1 N–H and O–H groups in total. The van der Waals surface area contributed by atoms with Crippen LogP contribution in [0.1, 0.15) is 25.3 Å². The van der Waals surface area contributed by atoms with Crippen LogP contribution in [0.2, 0.25) is 0 Å². The van der Waals surface area contributed by atoms with Crippen molar-refractivity contribution in [3.05, 3.63) is 64.2 Å². The lowest BCUT2D eigenvalue weighted by Gasteiger charge is -2.22. The zero-order valence-electron chi connectivity index (χ0n) is 15.8. The Balaban J connectivity index is 2.04. The summed E-state index contributed by atoms with van der Waals surface area (Å²) in [6, 6.07) is 12.9. The molecule has 0 aliphatic carbocycles. The number of nitro groups is 1. The third-order valence-electron chi connectivity index (χ3n) is 4.17. The first kappa shape index (κ1) is 21.4. The molecule has 0 aliphatic heterocycles. The summed E-state index contributed by atoms with van der Waals surface area (Å²) < 4.78 is 25.3. The minimum atomic E-state index is -3.65. The van der Waals surface area contributed by atoms with Gasteiger partial charge in [-0.3, -0.25) is 19.2 Å². The topological polar surface area (TPSA) is 110 Å². The smallest absolute Gasteiger partial charge is 0.271 e. The highest BCUT2D eigenvalue weighted by atomic mass is 32.2. The van der Waals surface area contributed by atoms with E-state index in [1.165, 1.54) is 24.3 Å². The number of para-hydroxylation sites is 1. The zero-order chi connectivity index (χ0) is 20.7. The van der Waals surface area contributed by atoms with Gasteiger partial charge in [-0.2, -0.15) is 0 Å². The van der Waals surface area contributed by atoms with E-state index in [1.54, 1.807) is 0 Å². The lowest BCUT2D eigenvalue weighted by Crippen LogP contribution is -2.31. The van der Waals surface area contributed by atoms with Gasteiger partial charge in [0.15, 0.2) is 0 Å². The Morgan fingerprint density at radius 1 is 1.18 bits per heavy atom. The summed E-state index contributed by atoms with van der Waals surface area (Å²) in [5.41, 5.74) is 1.77. The number of nitro benzene ring substituents is 1. The van der Waals surface area contributed by atoms with Crippen LogP contribution in [0.5, 0.6) is 0 Å². The monoisotopic (exact) mass is 405 g/mol. The first-order valence-electron chi connectivity index (χ1n) is 8.82. The van der Waals surface area contributed by atoms with E-state index < -0.39 is 14.9 Å². The summed E-state index contributed by atoms with van der Waals surface area (Å²) in [4.78, 5) is 22.6. The second-order valence-corrected chi connectivity index (χ2v) is 8.18. The van der Waals surface area contributed by atoms with Crippen LogP contribution in [0.4, 0.5) is 17.1 Å². The number of benzene rings is 2. The van der Waals surface area contributed by atoms with Gasteiger partial charge in [-0.25, -0.2) is 8.42 Å². The van der Waals surface area contributed by atoms with Crippen molar-refractivity contribution in [3.63, 3.8) is 0 Å². The number of nitrogens with zero attached hydrogens (tertiary/aromatic N) is 2. The van der Waals surface area contributed by atoms with Crippen LogP contribution >= 0.6 is 0 Å². The molecule has 9 heteroatoms. The summed E-state index contributed by atoms with van der Waals surface area (Å²) in [5, 5.41) is 13.8. The molecule has 0 radical (unpaired) electrons. The molecule has 2 aromatic carbocycles. The first-order chi connectivity index (χ1) is 13.2. The molecule has 0 heterocycles. The van der Waals surface area contributed by atoms with E-state index >= 15 is 0 Å². The van der Waals surface area contributed by atoms with Crippen LogP contribution in [0.25, 0.3) is 0 Å². The number of hydrogen-bond donors (Lipinski definition) is 1. The molecule has 2 rings (SSSR count). The van der Waals surface area contributed by atoms with Crippen molar-refractivity contribution in [1.82, 2.24) is 0 Å². The van der Waals surface area contributed by atoms with Gasteiger partial charge < -0.3 is 5.32 Å². The summed E-state index contributed by atoms with van der Waals surface area (Å²) in [6.45, 7) is 2.04. The van der Waals surface area contributed by atoms with Gasteiger partial charge in [-0.15, -0.1) is 0 Å².